The van der Waals surface area contributed by atoms with Gasteiger partial charge in [-0.15, -0.1) is 0 Å². The Morgan fingerprint density at radius 1 is 1.50 bits per heavy atom. The molecule has 0 aliphatic carbocycles. The van der Waals surface area contributed by atoms with Gasteiger partial charge in [-0.1, -0.05) is 0 Å². The number of benzene rings is 1. The lowest BCUT2D eigenvalue weighted by Crippen LogP contribution is -2.03. The molecule has 1 aromatic carbocycles. The van der Waals surface area contributed by atoms with Gasteiger partial charge in [-0.25, -0.2) is 8.78 Å². The van der Waals surface area contributed by atoms with Gasteiger partial charge in [-0.05, 0) is 19.1 Å². The molecule has 0 unspecified atom stereocenters. The van der Waals surface area contributed by atoms with E-state index in [4.69, 9.17) is 4.74 Å². The summed E-state index contributed by atoms with van der Waals surface area (Å²) in [7, 11) is 0. The van der Waals surface area contributed by atoms with E-state index in [9.17, 15) is 13.9 Å². The van der Waals surface area contributed by atoms with Crippen LogP contribution in [0, 0.1) is 5.82 Å². The highest BCUT2D eigenvalue weighted by molar-refractivity contribution is 5.35. The number of aliphatic hydroxyl groups is 1. The summed E-state index contributed by atoms with van der Waals surface area (Å²) in [6.45, 7) is 0.758. The van der Waals surface area contributed by atoms with Gasteiger partial charge in [0.25, 0.3) is 0 Å². The smallest absolute Gasteiger partial charge is 0.128 e. The van der Waals surface area contributed by atoms with E-state index in [0.717, 1.165) is 6.07 Å². The lowest BCUT2D eigenvalue weighted by Gasteiger charge is -2.12. The third-order valence-corrected chi connectivity index (χ3v) is 1.76. The van der Waals surface area contributed by atoms with Crippen LogP contribution < -0.4 is 4.74 Å². The maximum atomic E-state index is 12.8. The van der Waals surface area contributed by atoms with Crippen LogP contribution in [0.4, 0.5) is 8.78 Å². The summed E-state index contributed by atoms with van der Waals surface area (Å²) in [6.07, 6.45) is -0.759. The molecule has 0 fully saturated rings. The molecule has 0 saturated heterocycles. The minimum Gasteiger partial charge on any atom is -0.490 e. The van der Waals surface area contributed by atoms with E-state index >= 15 is 0 Å². The van der Waals surface area contributed by atoms with Gasteiger partial charge in [0.1, 0.15) is 24.8 Å². The van der Waals surface area contributed by atoms with E-state index in [0.29, 0.717) is 5.56 Å². The van der Waals surface area contributed by atoms with E-state index in [-0.39, 0.29) is 12.4 Å². The maximum Gasteiger partial charge on any atom is 0.128 e. The largest absolute Gasteiger partial charge is 0.490 e. The molecule has 0 saturated carbocycles. The Labute approximate surface area is 81.1 Å². The van der Waals surface area contributed by atoms with Crippen molar-refractivity contribution in [3.05, 3.63) is 29.6 Å². The van der Waals surface area contributed by atoms with Gasteiger partial charge < -0.3 is 9.84 Å². The summed E-state index contributed by atoms with van der Waals surface area (Å²) >= 11 is 0. The first-order valence-electron chi connectivity index (χ1n) is 4.31. The fourth-order valence-corrected chi connectivity index (χ4v) is 1.13. The van der Waals surface area contributed by atoms with Crippen LogP contribution in [0.5, 0.6) is 5.75 Å². The van der Waals surface area contributed by atoms with E-state index in [2.05, 4.69) is 0 Å². The molecule has 0 radical (unpaired) electrons. The Balaban J connectivity index is 2.91. The Morgan fingerprint density at radius 3 is 2.79 bits per heavy atom. The standard InChI is InChI=1S/C10H12F2O2/c1-7(13)9-3-2-8(12)6-10(9)14-5-4-11/h2-3,6-7,13H,4-5H2,1H3/t7-/m0/s1. The summed E-state index contributed by atoms with van der Waals surface area (Å²) in [5, 5.41) is 9.30. The highest BCUT2D eigenvalue weighted by atomic mass is 19.1. The van der Waals surface area contributed by atoms with Crippen molar-refractivity contribution in [2.45, 2.75) is 13.0 Å². The molecule has 0 spiro atoms. The van der Waals surface area contributed by atoms with Crippen molar-refractivity contribution >= 4 is 0 Å². The van der Waals surface area contributed by atoms with Crippen LogP contribution in [0.1, 0.15) is 18.6 Å². The van der Waals surface area contributed by atoms with E-state index in [1.54, 1.807) is 0 Å². The molecule has 0 aromatic heterocycles. The van der Waals surface area contributed by atoms with E-state index in [1.165, 1.54) is 19.1 Å². The van der Waals surface area contributed by atoms with Gasteiger partial charge >= 0.3 is 0 Å². The van der Waals surface area contributed by atoms with Crippen molar-refractivity contribution in [2.24, 2.45) is 0 Å². The van der Waals surface area contributed by atoms with E-state index in [1.807, 2.05) is 0 Å². The van der Waals surface area contributed by atoms with Crippen molar-refractivity contribution < 1.29 is 18.6 Å². The molecule has 2 nitrogen and oxygen atoms in total. The second kappa shape index (κ2) is 4.91. The molecule has 1 aromatic rings. The summed E-state index contributed by atoms with van der Waals surface area (Å²) in [4.78, 5) is 0. The van der Waals surface area contributed by atoms with Crippen LogP contribution in [0.15, 0.2) is 18.2 Å². The fourth-order valence-electron chi connectivity index (χ4n) is 1.13. The third-order valence-electron chi connectivity index (χ3n) is 1.76. The molecule has 0 amide bonds. The molecule has 0 bridgehead atoms. The summed E-state index contributed by atoms with van der Waals surface area (Å²) in [6, 6.07) is 3.79. The summed E-state index contributed by atoms with van der Waals surface area (Å²) in [5.41, 5.74) is 0.458. The SMILES string of the molecule is C[C@H](O)c1ccc(F)cc1OCCF. The first kappa shape index (κ1) is 10.9. The molecule has 0 heterocycles. The zero-order valence-electron chi connectivity index (χ0n) is 7.84. The number of aliphatic hydroxyl groups excluding tert-OH is 1. The lowest BCUT2D eigenvalue weighted by atomic mass is 10.1. The molecule has 1 N–H and O–H groups in total. The van der Waals surface area contributed by atoms with Crippen LogP contribution in [-0.4, -0.2) is 18.4 Å². The van der Waals surface area contributed by atoms with Gasteiger partial charge in [0.05, 0.1) is 6.10 Å². The first-order chi connectivity index (χ1) is 6.65. The van der Waals surface area contributed by atoms with Crippen molar-refractivity contribution in [2.75, 3.05) is 13.3 Å². The first-order valence-corrected chi connectivity index (χ1v) is 4.31. The third kappa shape index (κ3) is 2.67. The maximum absolute atomic E-state index is 12.8. The van der Waals surface area contributed by atoms with Crippen molar-refractivity contribution in [3.8, 4) is 5.75 Å². The number of hydrogen-bond donors (Lipinski definition) is 1. The number of halogens is 2. The molecular weight excluding hydrogens is 190 g/mol. The van der Waals surface area contributed by atoms with Crippen LogP contribution >= 0.6 is 0 Å². The zero-order valence-corrected chi connectivity index (χ0v) is 7.84. The predicted molar refractivity (Wildman–Crippen MR) is 48.5 cm³/mol. The number of rotatable bonds is 4. The molecule has 0 aliphatic rings. The number of alkyl halides is 1. The van der Waals surface area contributed by atoms with Crippen LogP contribution in [0.25, 0.3) is 0 Å². The number of hydrogen-bond acceptors (Lipinski definition) is 2. The van der Waals surface area contributed by atoms with Crippen molar-refractivity contribution in [3.63, 3.8) is 0 Å². The summed E-state index contributed by atoms with van der Waals surface area (Å²) in [5.74, 6) is -0.277. The second-order valence-corrected chi connectivity index (χ2v) is 2.90. The Kier molecular flexibility index (Phi) is 3.83. The Hall–Kier alpha value is -1.16. The minimum atomic E-state index is -0.759. The van der Waals surface area contributed by atoms with Gasteiger partial charge in [0.2, 0.25) is 0 Å². The van der Waals surface area contributed by atoms with Crippen LogP contribution in [0.2, 0.25) is 0 Å². The minimum absolute atomic E-state index is 0.136. The highest BCUT2D eigenvalue weighted by Gasteiger charge is 2.09. The molecular formula is C10H12F2O2. The monoisotopic (exact) mass is 202 g/mol. The second-order valence-electron chi connectivity index (χ2n) is 2.90. The number of ether oxygens (including phenoxy) is 1. The topological polar surface area (TPSA) is 29.5 Å². The Bertz CT molecular complexity index is 300. The zero-order chi connectivity index (χ0) is 10.6. The molecule has 14 heavy (non-hydrogen) atoms. The average Bonchev–Trinajstić information content (AvgIpc) is 2.14. The van der Waals surface area contributed by atoms with Gasteiger partial charge in [0, 0.05) is 11.6 Å². The fraction of sp³-hybridized carbons (Fsp3) is 0.400. The molecule has 0 aliphatic heterocycles. The van der Waals surface area contributed by atoms with Gasteiger partial charge in [-0.2, -0.15) is 0 Å². The van der Waals surface area contributed by atoms with Gasteiger partial charge in [-0.3, -0.25) is 0 Å². The normalized spacial score (nSPS) is 12.6. The highest BCUT2D eigenvalue weighted by Crippen LogP contribution is 2.25. The predicted octanol–water partition coefficient (Wildman–Crippen LogP) is 2.23. The van der Waals surface area contributed by atoms with Crippen molar-refractivity contribution in [1.29, 1.82) is 0 Å². The summed E-state index contributed by atoms with van der Waals surface area (Å²) < 4.78 is 29.6. The van der Waals surface area contributed by atoms with E-state index < -0.39 is 18.6 Å². The van der Waals surface area contributed by atoms with Gasteiger partial charge in [0.15, 0.2) is 0 Å². The molecule has 4 heteroatoms. The van der Waals surface area contributed by atoms with Crippen LogP contribution in [0.3, 0.4) is 0 Å². The Morgan fingerprint density at radius 2 is 2.21 bits per heavy atom. The van der Waals surface area contributed by atoms with Crippen molar-refractivity contribution in [1.82, 2.24) is 0 Å². The average molecular weight is 202 g/mol. The molecule has 1 rings (SSSR count). The lowest BCUT2D eigenvalue weighted by molar-refractivity contribution is 0.188. The van der Waals surface area contributed by atoms with Crippen LogP contribution in [-0.2, 0) is 0 Å². The quantitative estimate of drug-likeness (QED) is 0.811. The molecule has 78 valence electrons. The molecule has 1 atom stereocenters.